The van der Waals surface area contributed by atoms with Crippen molar-refractivity contribution in [1.29, 1.82) is 0 Å². The highest BCUT2D eigenvalue weighted by atomic mass is 16.5. The molecule has 2 aromatic rings. The molecule has 1 amide bonds. The van der Waals surface area contributed by atoms with Crippen LogP contribution in [-0.4, -0.2) is 18.0 Å². The van der Waals surface area contributed by atoms with Gasteiger partial charge >= 0.3 is 0 Å². The van der Waals surface area contributed by atoms with Crippen molar-refractivity contribution in [2.75, 3.05) is 12.5 Å². The van der Waals surface area contributed by atoms with Crippen LogP contribution in [0.3, 0.4) is 0 Å². The van der Waals surface area contributed by atoms with Gasteiger partial charge < -0.3 is 4.74 Å². The van der Waals surface area contributed by atoms with Crippen LogP contribution in [0.2, 0.25) is 0 Å². The molecule has 0 fully saturated rings. The molecule has 5 heteroatoms. The van der Waals surface area contributed by atoms with Crippen molar-refractivity contribution < 1.29 is 9.53 Å². The molecule has 19 heavy (non-hydrogen) atoms. The van der Waals surface area contributed by atoms with Gasteiger partial charge in [0.25, 0.3) is 0 Å². The quantitative estimate of drug-likeness (QED) is 0.801. The third-order valence-corrected chi connectivity index (χ3v) is 2.52. The van der Waals surface area contributed by atoms with Crippen molar-refractivity contribution >= 4 is 11.7 Å². The number of carbonyl (C=O) groups excluding carboxylic acids is 1. The molecule has 0 saturated carbocycles. The zero-order valence-corrected chi connectivity index (χ0v) is 10.6. The second-order valence-corrected chi connectivity index (χ2v) is 3.91. The number of nitrogens with one attached hydrogen (secondary N) is 2. The van der Waals surface area contributed by atoms with Crippen molar-refractivity contribution in [2.24, 2.45) is 0 Å². The summed E-state index contributed by atoms with van der Waals surface area (Å²) < 4.78 is 5.06. The first-order chi connectivity index (χ1) is 9.28. The minimum absolute atomic E-state index is 0.129. The van der Waals surface area contributed by atoms with Crippen LogP contribution < -0.4 is 15.6 Å². The zero-order valence-electron chi connectivity index (χ0n) is 10.6. The highest BCUT2D eigenvalue weighted by Gasteiger charge is 2.03. The fraction of sp³-hybridized carbons (Fsp3) is 0.143. The Morgan fingerprint density at radius 3 is 2.63 bits per heavy atom. The molecular weight excluding hydrogens is 242 g/mol. The third-order valence-electron chi connectivity index (χ3n) is 2.52. The highest BCUT2D eigenvalue weighted by molar-refractivity contribution is 5.79. The van der Waals surface area contributed by atoms with E-state index in [1.54, 1.807) is 19.4 Å². The molecule has 2 rings (SSSR count). The number of nitrogens with zero attached hydrogens (tertiary/aromatic N) is 1. The summed E-state index contributed by atoms with van der Waals surface area (Å²) in [5.74, 6) is 1.25. The Hall–Kier alpha value is -2.56. The van der Waals surface area contributed by atoms with Gasteiger partial charge in [0.05, 0.1) is 13.5 Å². The second-order valence-electron chi connectivity index (χ2n) is 3.91. The van der Waals surface area contributed by atoms with Gasteiger partial charge in [0.15, 0.2) is 0 Å². The van der Waals surface area contributed by atoms with Crippen LogP contribution in [0.1, 0.15) is 5.56 Å². The van der Waals surface area contributed by atoms with Crippen molar-refractivity contribution in [3.8, 4) is 5.75 Å². The van der Waals surface area contributed by atoms with Gasteiger partial charge in [0.2, 0.25) is 5.91 Å². The maximum Gasteiger partial charge on any atom is 0.242 e. The first-order valence-electron chi connectivity index (χ1n) is 5.87. The number of amides is 1. The normalized spacial score (nSPS) is 9.74. The number of hydrogen-bond donors (Lipinski definition) is 2. The standard InChI is InChI=1S/C14H15N3O2/c1-19-12-7-5-11(6-8-12)10-14(18)17-16-13-4-2-3-9-15-13/h2-9H,10H2,1H3,(H,15,16)(H,17,18). The lowest BCUT2D eigenvalue weighted by molar-refractivity contribution is -0.119. The van der Waals surface area contributed by atoms with E-state index in [1.807, 2.05) is 36.4 Å². The Labute approximate surface area is 111 Å². The number of aromatic nitrogens is 1. The zero-order chi connectivity index (χ0) is 13.5. The van der Waals surface area contributed by atoms with E-state index >= 15 is 0 Å². The Morgan fingerprint density at radius 2 is 2.00 bits per heavy atom. The molecule has 2 N–H and O–H groups in total. The van der Waals surface area contributed by atoms with Crippen LogP contribution in [-0.2, 0) is 11.2 Å². The van der Waals surface area contributed by atoms with Crippen molar-refractivity contribution in [2.45, 2.75) is 6.42 Å². The van der Waals surface area contributed by atoms with Gasteiger partial charge in [-0.2, -0.15) is 0 Å². The van der Waals surface area contributed by atoms with E-state index in [1.165, 1.54) is 0 Å². The summed E-state index contributed by atoms with van der Waals surface area (Å²) in [6.07, 6.45) is 1.95. The fourth-order valence-electron chi connectivity index (χ4n) is 1.54. The van der Waals surface area contributed by atoms with Crippen LogP contribution in [0.15, 0.2) is 48.7 Å². The summed E-state index contributed by atoms with van der Waals surface area (Å²) in [5.41, 5.74) is 6.26. The molecule has 0 aliphatic carbocycles. The lowest BCUT2D eigenvalue weighted by Gasteiger charge is -2.07. The maximum absolute atomic E-state index is 11.7. The van der Waals surface area contributed by atoms with Crippen molar-refractivity contribution in [3.05, 3.63) is 54.2 Å². The Balaban J connectivity index is 1.83. The van der Waals surface area contributed by atoms with Gasteiger partial charge in [-0.25, -0.2) is 4.98 Å². The first kappa shape index (κ1) is 12.9. The molecule has 0 saturated heterocycles. The van der Waals surface area contributed by atoms with Crippen LogP contribution in [0, 0.1) is 0 Å². The van der Waals surface area contributed by atoms with Gasteiger partial charge in [-0.3, -0.25) is 15.6 Å². The van der Waals surface area contributed by atoms with E-state index in [0.29, 0.717) is 12.2 Å². The smallest absolute Gasteiger partial charge is 0.242 e. The fourth-order valence-corrected chi connectivity index (χ4v) is 1.54. The molecule has 0 unspecified atom stereocenters. The lowest BCUT2D eigenvalue weighted by atomic mass is 10.1. The summed E-state index contributed by atoms with van der Waals surface area (Å²) >= 11 is 0. The maximum atomic E-state index is 11.7. The number of carbonyl (C=O) groups is 1. The Morgan fingerprint density at radius 1 is 1.21 bits per heavy atom. The van der Waals surface area contributed by atoms with Gasteiger partial charge in [0, 0.05) is 6.20 Å². The molecule has 0 radical (unpaired) electrons. The molecule has 1 aromatic carbocycles. The molecule has 0 atom stereocenters. The lowest BCUT2D eigenvalue weighted by Crippen LogP contribution is -2.31. The van der Waals surface area contributed by atoms with Gasteiger partial charge in [-0.15, -0.1) is 0 Å². The SMILES string of the molecule is COc1ccc(CC(=O)NNc2ccccn2)cc1. The summed E-state index contributed by atoms with van der Waals surface area (Å²) in [4.78, 5) is 15.7. The van der Waals surface area contributed by atoms with Crippen LogP contribution in [0.5, 0.6) is 5.75 Å². The highest BCUT2D eigenvalue weighted by Crippen LogP contribution is 2.11. The summed E-state index contributed by atoms with van der Waals surface area (Å²) in [5, 5.41) is 0. The van der Waals surface area contributed by atoms with Crippen LogP contribution >= 0.6 is 0 Å². The van der Waals surface area contributed by atoms with E-state index in [4.69, 9.17) is 4.74 Å². The van der Waals surface area contributed by atoms with Gasteiger partial charge in [0.1, 0.15) is 11.6 Å². The number of methoxy groups -OCH3 is 1. The van der Waals surface area contributed by atoms with Gasteiger partial charge in [-0.05, 0) is 29.8 Å². The molecule has 98 valence electrons. The molecule has 1 heterocycles. The number of hydrazine groups is 1. The van der Waals surface area contributed by atoms with E-state index in [0.717, 1.165) is 11.3 Å². The third kappa shape index (κ3) is 3.99. The van der Waals surface area contributed by atoms with Gasteiger partial charge in [-0.1, -0.05) is 18.2 Å². The monoisotopic (exact) mass is 257 g/mol. The Bertz CT molecular complexity index is 526. The number of ether oxygens (including phenoxy) is 1. The second kappa shape index (κ2) is 6.39. The largest absolute Gasteiger partial charge is 0.497 e. The topological polar surface area (TPSA) is 63.2 Å². The number of benzene rings is 1. The molecule has 5 nitrogen and oxygen atoms in total. The molecular formula is C14H15N3O2. The average molecular weight is 257 g/mol. The number of hydrogen-bond acceptors (Lipinski definition) is 4. The summed E-state index contributed by atoms with van der Waals surface area (Å²) in [6, 6.07) is 12.8. The molecule has 1 aromatic heterocycles. The van der Waals surface area contributed by atoms with Crippen molar-refractivity contribution in [1.82, 2.24) is 10.4 Å². The van der Waals surface area contributed by atoms with E-state index < -0.39 is 0 Å². The van der Waals surface area contributed by atoms with Crippen LogP contribution in [0.4, 0.5) is 5.82 Å². The minimum Gasteiger partial charge on any atom is -0.497 e. The molecule has 0 bridgehead atoms. The van der Waals surface area contributed by atoms with E-state index in [-0.39, 0.29) is 5.91 Å². The number of anilines is 1. The Kier molecular flexibility index (Phi) is 4.34. The number of pyridine rings is 1. The number of rotatable bonds is 5. The van der Waals surface area contributed by atoms with E-state index in [9.17, 15) is 4.79 Å². The summed E-state index contributed by atoms with van der Waals surface area (Å²) in [7, 11) is 1.61. The van der Waals surface area contributed by atoms with E-state index in [2.05, 4.69) is 15.8 Å². The predicted molar refractivity (Wildman–Crippen MR) is 72.7 cm³/mol. The van der Waals surface area contributed by atoms with Crippen molar-refractivity contribution in [3.63, 3.8) is 0 Å². The minimum atomic E-state index is -0.129. The average Bonchev–Trinajstić information content (AvgIpc) is 2.47. The van der Waals surface area contributed by atoms with Crippen LogP contribution in [0.25, 0.3) is 0 Å². The summed E-state index contributed by atoms with van der Waals surface area (Å²) in [6.45, 7) is 0. The molecule has 0 aliphatic heterocycles. The first-order valence-corrected chi connectivity index (χ1v) is 5.87. The predicted octanol–water partition coefficient (Wildman–Crippen LogP) is 1.78. The molecule has 0 spiro atoms. The molecule has 0 aliphatic rings.